The van der Waals surface area contributed by atoms with Crippen molar-refractivity contribution in [2.75, 3.05) is 13.2 Å². The van der Waals surface area contributed by atoms with Gasteiger partial charge in [-0.2, -0.15) is 0 Å². The molecule has 6 nitrogen and oxygen atoms in total. The van der Waals surface area contributed by atoms with E-state index < -0.39 is 17.0 Å². The Bertz CT molecular complexity index is 739. The Hall–Kier alpha value is -2.24. The van der Waals surface area contributed by atoms with Crippen molar-refractivity contribution in [2.24, 2.45) is 0 Å². The third-order valence-corrected chi connectivity index (χ3v) is 5.47. The van der Waals surface area contributed by atoms with Crippen molar-refractivity contribution in [2.45, 2.75) is 70.4 Å². The maximum absolute atomic E-state index is 12.5. The number of nitrogens with zero attached hydrogens (tertiary/aromatic N) is 1. The second kappa shape index (κ2) is 7.06. The number of rotatable bonds is 3. The summed E-state index contributed by atoms with van der Waals surface area (Å²) in [6.45, 7) is 8.67. The Morgan fingerprint density at radius 3 is 2.74 bits per heavy atom. The van der Waals surface area contributed by atoms with Crippen LogP contribution in [0.3, 0.4) is 0 Å². The van der Waals surface area contributed by atoms with Crippen molar-refractivity contribution in [3.05, 3.63) is 29.3 Å². The highest BCUT2D eigenvalue weighted by Crippen LogP contribution is 2.43. The Morgan fingerprint density at radius 2 is 2.11 bits per heavy atom. The number of aliphatic carboxylic acids is 1. The SMILES string of the molecule is CC1CC(CC(=O)O)(c2ccc3c(c2)CCO3)CCN1C(=O)OC(C)(C)C. The molecule has 2 atom stereocenters. The summed E-state index contributed by atoms with van der Waals surface area (Å²) in [4.78, 5) is 25.9. The van der Waals surface area contributed by atoms with Crippen molar-refractivity contribution in [1.29, 1.82) is 0 Å². The lowest BCUT2D eigenvalue weighted by atomic mass is 9.68. The molecular formula is C21H29NO5. The molecular weight excluding hydrogens is 346 g/mol. The molecule has 0 aliphatic carbocycles. The van der Waals surface area contributed by atoms with E-state index >= 15 is 0 Å². The minimum absolute atomic E-state index is 0.0547. The van der Waals surface area contributed by atoms with Crippen molar-refractivity contribution in [1.82, 2.24) is 4.90 Å². The van der Waals surface area contributed by atoms with Crippen LogP contribution in [0.5, 0.6) is 5.75 Å². The summed E-state index contributed by atoms with van der Waals surface area (Å²) >= 11 is 0. The first-order valence-corrected chi connectivity index (χ1v) is 9.57. The maximum Gasteiger partial charge on any atom is 0.410 e. The van der Waals surface area contributed by atoms with Gasteiger partial charge >= 0.3 is 12.1 Å². The van der Waals surface area contributed by atoms with E-state index in [4.69, 9.17) is 9.47 Å². The number of likely N-dealkylation sites (tertiary alicyclic amines) is 1. The second-order valence-corrected chi connectivity index (χ2v) is 8.75. The molecule has 148 valence electrons. The molecule has 1 fully saturated rings. The lowest BCUT2D eigenvalue weighted by Crippen LogP contribution is -2.52. The zero-order chi connectivity index (χ0) is 19.8. The number of fused-ring (bicyclic) bond motifs is 1. The zero-order valence-corrected chi connectivity index (χ0v) is 16.6. The molecule has 0 aromatic heterocycles. The van der Waals surface area contributed by atoms with E-state index in [1.807, 2.05) is 39.8 Å². The molecule has 1 saturated heterocycles. The van der Waals surface area contributed by atoms with Crippen molar-refractivity contribution >= 4 is 12.1 Å². The molecule has 2 unspecified atom stereocenters. The molecule has 1 amide bonds. The van der Waals surface area contributed by atoms with Crippen LogP contribution in [0.1, 0.15) is 58.1 Å². The highest BCUT2D eigenvalue weighted by atomic mass is 16.6. The number of carbonyl (C=O) groups excluding carboxylic acids is 1. The van der Waals surface area contributed by atoms with Crippen molar-refractivity contribution < 1.29 is 24.2 Å². The maximum atomic E-state index is 12.5. The second-order valence-electron chi connectivity index (χ2n) is 8.75. The van der Waals surface area contributed by atoms with E-state index in [9.17, 15) is 14.7 Å². The third kappa shape index (κ3) is 4.20. The molecule has 1 aromatic rings. The molecule has 2 heterocycles. The van der Waals surface area contributed by atoms with Gasteiger partial charge in [0, 0.05) is 24.4 Å². The van der Waals surface area contributed by atoms with E-state index in [0.29, 0.717) is 26.0 Å². The van der Waals surface area contributed by atoms with E-state index in [2.05, 4.69) is 6.07 Å². The van der Waals surface area contributed by atoms with Gasteiger partial charge in [0.1, 0.15) is 11.4 Å². The summed E-state index contributed by atoms with van der Waals surface area (Å²) in [7, 11) is 0. The van der Waals surface area contributed by atoms with E-state index in [1.54, 1.807) is 4.90 Å². The number of carbonyl (C=O) groups is 2. The number of piperidine rings is 1. The van der Waals surface area contributed by atoms with E-state index in [-0.39, 0.29) is 18.6 Å². The molecule has 3 rings (SSSR count). The van der Waals surface area contributed by atoms with Gasteiger partial charge in [-0.3, -0.25) is 4.79 Å². The number of hydrogen-bond donors (Lipinski definition) is 1. The lowest BCUT2D eigenvalue weighted by Gasteiger charge is -2.45. The molecule has 0 saturated carbocycles. The summed E-state index contributed by atoms with van der Waals surface area (Å²) in [5.74, 6) is 0.0770. The van der Waals surface area contributed by atoms with Gasteiger partial charge in [0.2, 0.25) is 0 Å². The summed E-state index contributed by atoms with van der Waals surface area (Å²) in [6, 6.07) is 5.94. The third-order valence-electron chi connectivity index (χ3n) is 5.47. The summed E-state index contributed by atoms with van der Waals surface area (Å²) in [6.07, 6.45) is 1.77. The number of ether oxygens (including phenoxy) is 2. The van der Waals surface area contributed by atoms with E-state index in [1.165, 1.54) is 0 Å². The highest BCUT2D eigenvalue weighted by molar-refractivity contribution is 5.71. The monoisotopic (exact) mass is 375 g/mol. The molecule has 0 radical (unpaired) electrons. The predicted octanol–water partition coefficient (Wildman–Crippen LogP) is 3.75. The molecule has 0 spiro atoms. The van der Waals surface area contributed by atoms with Gasteiger partial charge in [0.15, 0.2) is 0 Å². The van der Waals surface area contributed by atoms with E-state index in [0.717, 1.165) is 23.3 Å². The molecule has 0 bridgehead atoms. The minimum Gasteiger partial charge on any atom is -0.493 e. The summed E-state index contributed by atoms with van der Waals surface area (Å²) in [5, 5.41) is 9.57. The number of benzene rings is 1. The smallest absolute Gasteiger partial charge is 0.410 e. The average Bonchev–Trinajstić information content (AvgIpc) is 3.00. The van der Waals surface area contributed by atoms with Gasteiger partial charge in [-0.15, -0.1) is 0 Å². The average molecular weight is 375 g/mol. The van der Waals surface area contributed by atoms with Crippen molar-refractivity contribution in [3.8, 4) is 5.75 Å². The minimum atomic E-state index is -0.815. The first-order chi connectivity index (χ1) is 12.6. The van der Waals surface area contributed by atoms with Crippen LogP contribution < -0.4 is 4.74 Å². The van der Waals surface area contributed by atoms with Gasteiger partial charge in [-0.1, -0.05) is 12.1 Å². The largest absolute Gasteiger partial charge is 0.493 e. The van der Waals surface area contributed by atoms with Crippen LogP contribution in [0.25, 0.3) is 0 Å². The topological polar surface area (TPSA) is 76.1 Å². The normalized spacial score (nSPS) is 24.9. The molecule has 27 heavy (non-hydrogen) atoms. The van der Waals surface area contributed by atoms with Crippen LogP contribution in [0.15, 0.2) is 18.2 Å². The van der Waals surface area contributed by atoms with Crippen LogP contribution >= 0.6 is 0 Å². The summed E-state index contributed by atoms with van der Waals surface area (Å²) in [5.41, 5.74) is 1.14. The standard InChI is InChI=1S/C21H29NO5/c1-14-12-21(13-18(23)24,8-9-22(14)19(25)27-20(2,3)4)16-5-6-17-15(11-16)7-10-26-17/h5-6,11,14H,7-10,12-13H2,1-4H3,(H,23,24). The van der Waals surface area contributed by atoms with Crippen LogP contribution in [-0.2, 0) is 21.4 Å². The first kappa shape index (κ1) is 19.5. The Morgan fingerprint density at radius 1 is 1.37 bits per heavy atom. The van der Waals surface area contributed by atoms with Crippen LogP contribution in [0, 0.1) is 0 Å². The fourth-order valence-electron chi connectivity index (χ4n) is 4.26. The zero-order valence-electron chi connectivity index (χ0n) is 16.6. The van der Waals surface area contributed by atoms with Gasteiger partial charge in [0.05, 0.1) is 13.0 Å². The Balaban J connectivity index is 1.85. The van der Waals surface area contributed by atoms with Gasteiger partial charge in [0.25, 0.3) is 0 Å². The van der Waals surface area contributed by atoms with Gasteiger partial charge < -0.3 is 19.5 Å². The first-order valence-electron chi connectivity index (χ1n) is 9.57. The fourth-order valence-corrected chi connectivity index (χ4v) is 4.26. The quantitative estimate of drug-likeness (QED) is 0.871. The molecule has 6 heteroatoms. The number of carboxylic acids is 1. The van der Waals surface area contributed by atoms with Gasteiger partial charge in [-0.05, 0) is 57.7 Å². The highest BCUT2D eigenvalue weighted by Gasteiger charge is 2.43. The number of hydrogen-bond acceptors (Lipinski definition) is 4. The predicted molar refractivity (Wildman–Crippen MR) is 101 cm³/mol. The van der Waals surface area contributed by atoms with Crippen molar-refractivity contribution in [3.63, 3.8) is 0 Å². The number of carboxylic acid groups (broad SMARTS) is 1. The fraction of sp³-hybridized carbons (Fsp3) is 0.619. The Kier molecular flexibility index (Phi) is 5.10. The number of amides is 1. The molecule has 2 aliphatic heterocycles. The molecule has 2 aliphatic rings. The van der Waals surface area contributed by atoms with Crippen LogP contribution in [0.2, 0.25) is 0 Å². The van der Waals surface area contributed by atoms with Crippen LogP contribution in [-0.4, -0.2) is 46.9 Å². The Labute approximate surface area is 160 Å². The van der Waals surface area contributed by atoms with Crippen LogP contribution in [0.4, 0.5) is 4.79 Å². The molecule has 1 N–H and O–H groups in total. The molecule has 1 aromatic carbocycles. The lowest BCUT2D eigenvalue weighted by molar-refractivity contribution is -0.139. The van der Waals surface area contributed by atoms with Gasteiger partial charge in [-0.25, -0.2) is 4.79 Å². The summed E-state index contributed by atoms with van der Waals surface area (Å²) < 4.78 is 11.1.